The van der Waals surface area contributed by atoms with E-state index in [2.05, 4.69) is 32.9 Å². The summed E-state index contributed by atoms with van der Waals surface area (Å²) in [6, 6.07) is 2.51. The van der Waals surface area contributed by atoms with Crippen molar-refractivity contribution in [1.82, 2.24) is 4.98 Å². The van der Waals surface area contributed by atoms with Gasteiger partial charge in [-0.05, 0) is 41.3 Å². The van der Waals surface area contributed by atoms with Crippen molar-refractivity contribution >= 4 is 33.3 Å². The van der Waals surface area contributed by atoms with E-state index in [1.165, 1.54) is 19.3 Å². The zero-order valence-electron chi connectivity index (χ0n) is 8.00. The van der Waals surface area contributed by atoms with Crippen LogP contribution in [0.5, 0.6) is 0 Å². The Labute approximate surface area is 97.4 Å². The lowest BCUT2D eigenvalue weighted by Gasteiger charge is -2.35. The number of nitrogens with zero attached hydrogens (tertiary/aromatic N) is 2. The van der Waals surface area contributed by atoms with Crippen LogP contribution in [0.15, 0.2) is 16.7 Å². The van der Waals surface area contributed by atoms with E-state index in [1.807, 2.05) is 6.07 Å². The monoisotopic (exact) mass is 274 g/mol. The van der Waals surface area contributed by atoms with Crippen molar-refractivity contribution in [1.29, 1.82) is 0 Å². The molecule has 1 heterocycles. The summed E-state index contributed by atoms with van der Waals surface area (Å²) in [5.74, 6) is 0.888. The first-order chi connectivity index (χ1) is 6.68. The van der Waals surface area contributed by atoms with Crippen LogP contribution in [-0.4, -0.2) is 18.1 Å². The Hall–Kier alpha value is -0.280. The molecule has 0 N–H and O–H groups in total. The van der Waals surface area contributed by atoms with E-state index in [1.54, 1.807) is 6.20 Å². The summed E-state index contributed by atoms with van der Waals surface area (Å²) < 4.78 is 0.924. The second-order valence-electron chi connectivity index (χ2n) is 3.65. The van der Waals surface area contributed by atoms with Crippen LogP contribution in [0.25, 0.3) is 0 Å². The summed E-state index contributed by atoms with van der Waals surface area (Å²) in [7, 11) is 2.06. The molecular weight excluding hydrogens is 263 g/mol. The Kier molecular flexibility index (Phi) is 2.98. The van der Waals surface area contributed by atoms with Gasteiger partial charge in [-0.2, -0.15) is 0 Å². The van der Waals surface area contributed by atoms with Crippen molar-refractivity contribution in [2.45, 2.75) is 25.3 Å². The Morgan fingerprint density at radius 3 is 2.79 bits per heavy atom. The Bertz CT molecular complexity index is 339. The smallest absolute Gasteiger partial charge is 0.147 e. The van der Waals surface area contributed by atoms with E-state index in [0.29, 0.717) is 11.1 Å². The highest BCUT2D eigenvalue weighted by Gasteiger charge is 2.24. The number of hydrogen-bond acceptors (Lipinski definition) is 2. The molecule has 0 unspecified atom stereocenters. The minimum atomic E-state index is 0.626. The van der Waals surface area contributed by atoms with Gasteiger partial charge in [0.15, 0.2) is 0 Å². The van der Waals surface area contributed by atoms with Crippen LogP contribution in [-0.2, 0) is 0 Å². The molecule has 4 heteroatoms. The van der Waals surface area contributed by atoms with E-state index in [-0.39, 0.29) is 0 Å². The molecule has 2 nitrogen and oxygen atoms in total. The molecule has 0 aliphatic heterocycles. The molecule has 0 bridgehead atoms. The second-order valence-corrected chi connectivity index (χ2v) is 4.98. The molecule has 0 radical (unpaired) electrons. The number of hydrogen-bond donors (Lipinski definition) is 0. The van der Waals surface area contributed by atoms with Gasteiger partial charge < -0.3 is 4.90 Å². The fraction of sp³-hybridized carbons (Fsp3) is 0.500. The lowest BCUT2D eigenvalue weighted by Crippen LogP contribution is -2.37. The van der Waals surface area contributed by atoms with Gasteiger partial charge in [0.1, 0.15) is 5.82 Å². The van der Waals surface area contributed by atoms with Crippen LogP contribution < -0.4 is 4.90 Å². The quantitative estimate of drug-likeness (QED) is 0.821. The molecule has 1 saturated carbocycles. The van der Waals surface area contributed by atoms with E-state index in [0.717, 1.165) is 10.3 Å². The van der Waals surface area contributed by atoms with Crippen LogP contribution in [0.3, 0.4) is 0 Å². The molecule has 1 aliphatic rings. The molecule has 76 valence electrons. The van der Waals surface area contributed by atoms with Crippen molar-refractivity contribution in [3.05, 3.63) is 21.8 Å². The van der Waals surface area contributed by atoms with Gasteiger partial charge in [-0.1, -0.05) is 11.6 Å². The fourth-order valence-corrected chi connectivity index (χ4v) is 2.38. The average Bonchev–Trinajstić information content (AvgIpc) is 2.00. The van der Waals surface area contributed by atoms with Crippen molar-refractivity contribution in [2.75, 3.05) is 11.9 Å². The molecule has 0 saturated heterocycles. The molecule has 0 atom stereocenters. The minimum absolute atomic E-state index is 0.626. The number of pyridine rings is 1. The van der Waals surface area contributed by atoms with E-state index in [4.69, 9.17) is 11.6 Å². The maximum absolute atomic E-state index is 6.12. The first kappa shape index (κ1) is 10.2. The summed E-state index contributed by atoms with van der Waals surface area (Å²) in [5, 5.41) is 0.716. The number of halogens is 2. The minimum Gasteiger partial charge on any atom is -0.355 e. The van der Waals surface area contributed by atoms with Crippen molar-refractivity contribution in [2.24, 2.45) is 0 Å². The van der Waals surface area contributed by atoms with Gasteiger partial charge >= 0.3 is 0 Å². The molecule has 0 spiro atoms. The maximum atomic E-state index is 6.12. The summed E-state index contributed by atoms with van der Waals surface area (Å²) >= 11 is 9.46. The van der Waals surface area contributed by atoms with Gasteiger partial charge in [0, 0.05) is 23.8 Å². The highest BCUT2D eigenvalue weighted by atomic mass is 79.9. The largest absolute Gasteiger partial charge is 0.355 e. The van der Waals surface area contributed by atoms with Gasteiger partial charge in [-0.3, -0.25) is 0 Å². The third kappa shape index (κ3) is 1.89. The maximum Gasteiger partial charge on any atom is 0.147 e. The topological polar surface area (TPSA) is 16.1 Å². The summed E-state index contributed by atoms with van der Waals surface area (Å²) in [5.41, 5.74) is 0. The van der Waals surface area contributed by atoms with Crippen LogP contribution in [0.1, 0.15) is 19.3 Å². The standard InChI is InChI=1S/C10H12BrClN2/c1-14(8-3-2-4-8)10-9(12)5-7(11)6-13-10/h5-6,8H,2-4H2,1H3. The van der Waals surface area contributed by atoms with E-state index < -0.39 is 0 Å². The third-order valence-corrected chi connectivity index (χ3v) is 3.46. The first-order valence-electron chi connectivity index (χ1n) is 4.72. The Morgan fingerprint density at radius 2 is 2.29 bits per heavy atom. The predicted molar refractivity (Wildman–Crippen MR) is 63.0 cm³/mol. The molecule has 1 fully saturated rings. The lowest BCUT2D eigenvalue weighted by atomic mass is 9.92. The van der Waals surface area contributed by atoms with Crippen molar-refractivity contribution in [3.8, 4) is 0 Å². The Balaban J connectivity index is 2.22. The van der Waals surface area contributed by atoms with Crippen LogP contribution in [0.2, 0.25) is 5.02 Å². The van der Waals surface area contributed by atoms with Gasteiger partial charge in [0.05, 0.1) is 5.02 Å². The third-order valence-electron chi connectivity index (χ3n) is 2.74. The van der Waals surface area contributed by atoms with Crippen LogP contribution in [0, 0.1) is 0 Å². The van der Waals surface area contributed by atoms with Crippen molar-refractivity contribution < 1.29 is 0 Å². The molecule has 2 rings (SSSR count). The van der Waals surface area contributed by atoms with E-state index in [9.17, 15) is 0 Å². The summed E-state index contributed by atoms with van der Waals surface area (Å²) in [4.78, 5) is 6.51. The normalized spacial score (nSPS) is 16.5. The van der Waals surface area contributed by atoms with E-state index >= 15 is 0 Å². The van der Waals surface area contributed by atoms with Crippen LogP contribution >= 0.6 is 27.5 Å². The molecule has 1 aromatic heterocycles. The summed E-state index contributed by atoms with van der Waals surface area (Å²) in [6.45, 7) is 0. The van der Waals surface area contributed by atoms with Gasteiger partial charge in [0.2, 0.25) is 0 Å². The number of rotatable bonds is 2. The average molecular weight is 276 g/mol. The summed E-state index contributed by atoms with van der Waals surface area (Å²) in [6.07, 6.45) is 5.62. The number of anilines is 1. The SMILES string of the molecule is CN(c1ncc(Br)cc1Cl)C1CCC1. The zero-order valence-corrected chi connectivity index (χ0v) is 10.3. The molecule has 14 heavy (non-hydrogen) atoms. The Morgan fingerprint density at radius 1 is 1.57 bits per heavy atom. The predicted octanol–water partition coefficient (Wildman–Crippen LogP) is 3.49. The van der Waals surface area contributed by atoms with Crippen molar-refractivity contribution in [3.63, 3.8) is 0 Å². The zero-order chi connectivity index (χ0) is 10.1. The highest BCUT2D eigenvalue weighted by Crippen LogP contribution is 2.32. The molecule has 1 aliphatic carbocycles. The first-order valence-corrected chi connectivity index (χ1v) is 5.89. The number of aromatic nitrogens is 1. The molecule has 0 amide bonds. The molecule has 0 aromatic carbocycles. The van der Waals surface area contributed by atoms with Gasteiger partial charge in [0.25, 0.3) is 0 Å². The van der Waals surface area contributed by atoms with Gasteiger partial charge in [-0.15, -0.1) is 0 Å². The highest BCUT2D eigenvalue weighted by molar-refractivity contribution is 9.10. The van der Waals surface area contributed by atoms with Crippen LogP contribution in [0.4, 0.5) is 5.82 Å². The lowest BCUT2D eigenvalue weighted by molar-refractivity contribution is 0.399. The fourth-order valence-electron chi connectivity index (χ4n) is 1.61. The molecular formula is C10H12BrClN2. The second kappa shape index (κ2) is 4.07. The molecule has 1 aromatic rings. The van der Waals surface area contributed by atoms with Gasteiger partial charge in [-0.25, -0.2) is 4.98 Å².